The fraction of sp³-hybridized carbons (Fsp3) is 0.571. The van der Waals surface area contributed by atoms with E-state index >= 15 is 0 Å². The molecule has 1 rings (SSSR count). The number of nitrogens with zero attached hydrogens (tertiary/aromatic N) is 2. The maximum atomic E-state index is 12.2. The minimum atomic E-state index is -0.619. The molecule has 0 fully saturated rings. The number of hydrogen-bond acceptors (Lipinski definition) is 5. The average Bonchev–Trinajstić information content (AvgIpc) is 2.70. The van der Waals surface area contributed by atoms with Gasteiger partial charge in [-0.3, -0.25) is 4.84 Å². The summed E-state index contributed by atoms with van der Waals surface area (Å²) in [5.41, 5.74) is -0.698. The molecule has 0 saturated carbocycles. The van der Waals surface area contributed by atoms with Crippen molar-refractivity contribution >= 4 is 22.4 Å². The van der Waals surface area contributed by atoms with Gasteiger partial charge in [-0.2, -0.15) is 5.26 Å². The van der Waals surface area contributed by atoms with Crippen molar-refractivity contribution < 1.29 is 14.4 Å². The van der Waals surface area contributed by atoms with Gasteiger partial charge in [0.2, 0.25) is 0 Å². The molecule has 1 heterocycles. The maximum absolute atomic E-state index is 12.2. The van der Waals surface area contributed by atoms with Crippen LogP contribution < -0.4 is 5.06 Å². The standard InChI is InChI=1S/C14H20N2O3S/c1-13(2,3)18-12(17)16(19-14(4,5)6)11-7-10(8-15)9-20-11/h7,9H,1-6H3. The van der Waals surface area contributed by atoms with Gasteiger partial charge in [0.15, 0.2) is 0 Å². The number of hydrogen-bond donors (Lipinski definition) is 0. The maximum Gasteiger partial charge on any atom is 0.440 e. The predicted molar refractivity (Wildman–Crippen MR) is 78.6 cm³/mol. The van der Waals surface area contributed by atoms with E-state index < -0.39 is 17.3 Å². The zero-order valence-corrected chi connectivity index (χ0v) is 13.5. The van der Waals surface area contributed by atoms with Gasteiger partial charge in [0.1, 0.15) is 16.7 Å². The average molecular weight is 296 g/mol. The Morgan fingerprint density at radius 3 is 2.25 bits per heavy atom. The predicted octanol–water partition coefficient (Wildman–Crippen LogP) is 4.09. The number of carbonyl (C=O) groups excluding carboxylic acids is 1. The van der Waals surface area contributed by atoms with E-state index in [9.17, 15) is 4.79 Å². The number of amides is 1. The molecule has 0 radical (unpaired) electrons. The number of ether oxygens (including phenoxy) is 1. The Kier molecular flexibility index (Phi) is 4.79. The molecule has 0 aliphatic rings. The summed E-state index contributed by atoms with van der Waals surface area (Å²) in [5.74, 6) is 0. The van der Waals surface area contributed by atoms with Crippen LogP contribution in [0, 0.1) is 11.3 Å². The molecule has 0 aromatic carbocycles. The van der Waals surface area contributed by atoms with Crippen molar-refractivity contribution in [3.05, 3.63) is 17.0 Å². The number of hydroxylamine groups is 1. The molecule has 0 spiro atoms. The van der Waals surface area contributed by atoms with Gasteiger partial charge in [-0.1, -0.05) is 0 Å². The molecule has 0 saturated heterocycles. The van der Waals surface area contributed by atoms with Gasteiger partial charge < -0.3 is 4.74 Å². The highest BCUT2D eigenvalue weighted by Crippen LogP contribution is 2.29. The summed E-state index contributed by atoms with van der Waals surface area (Å²) in [5, 5.41) is 12.2. The summed E-state index contributed by atoms with van der Waals surface area (Å²) in [4.78, 5) is 17.9. The fourth-order valence-corrected chi connectivity index (χ4v) is 2.01. The fourth-order valence-electron chi connectivity index (χ4n) is 1.24. The van der Waals surface area contributed by atoms with Crippen molar-refractivity contribution in [2.45, 2.75) is 52.7 Å². The molecule has 0 atom stereocenters. The van der Waals surface area contributed by atoms with E-state index in [2.05, 4.69) is 0 Å². The van der Waals surface area contributed by atoms with Crippen LogP contribution in [0.4, 0.5) is 9.80 Å². The van der Waals surface area contributed by atoms with Crippen LogP contribution in [-0.2, 0) is 9.57 Å². The third-order valence-electron chi connectivity index (χ3n) is 1.84. The van der Waals surface area contributed by atoms with Crippen LogP contribution in [-0.4, -0.2) is 17.3 Å². The Morgan fingerprint density at radius 1 is 1.25 bits per heavy atom. The van der Waals surface area contributed by atoms with Crippen molar-refractivity contribution in [2.75, 3.05) is 5.06 Å². The minimum absolute atomic E-state index is 0.482. The van der Waals surface area contributed by atoms with Crippen LogP contribution in [0.5, 0.6) is 0 Å². The summed E-state index contributed by atoms with van der Waals surface area (Å²) in [6, 6.07) is 3.63. The molecule has 20 heavy (non-hydrogen) atoms. The van der Waals surface area contributed by atoms with Crippen molar-refractivity contribution in [1.29, 1.82) is 5.26 Å². The van der Waals surface area contributed by atoms with Crippen molar-refractivity contribution in [3.8, 4) is 6.07 Å². The molecule has 0 bridgehead atoms. The van der Waals surface area contributed by atoms with E-state index in [4.69, 9.17) is 14.8 Å². The third kappa shape index (κ3) is 5.19. The monoisotopic (exact) mass is 296 g/mol. The van der Waals surface area contributed by atoms with Gasteiger partial charge in [0, 0.05) is 5.38 Å². The lowest BCUT2D eigenvalue weighted by Crippen LogP contribution is -2.41. The lowest BCUT2D eigenvalue weighted by molar-refractivity contribution is -0.0348. The topological polar surface area (TPSA) is 62.6 Å². The number of thiophene rings is 1. The molecule has 0 aliphatic carbocycles. The Morgan fingerprint density at radius 2 is 1.85 bits per heavy atom. The first-order chi connectivity index (χ1) is 9.02. The quantitative estimate of drug-likeness (QED) is 0.771. The van der Waals surface area contributed by atoms with Crippen LogP contribution in [0.1, 0.15) is 47.1 Å². The first-order valence-electron chi connectivity index (χ1n) is 6.23. The van der Waals surface area contributed by atoms with E-state index in [1.165, 1.54) is 11.3 Å². The first-order valence-corrected chi connectivity index (χ1v) is 7.11. The van der Waals surface area contributed by atoms with Crippen molar-refractivity contribution in [1.82, 2.24) is 0 Å². The van der Waals surface area contributed by atoms with Crippen LogP contribution in [0.25, 0.3) is 0 Å². The lowest BCUT2D eigenvalue weighted by Gasteiger charge is -2.30. The molecule has 1 amide bonds. The van der Waals surface area contributed by atoms with Gasteiger partial charge in [-0.05, 0) is 47.6 Å². The van der Waals surface area contributed by atoms with Gasteiger partial charge in [0.05, 0.1) is 11.2 Å². The molecular weight excluding hydrogens is 276 g/mol. The Balaban J connectivity index is 3.03. The number of nitriles is 1. The molecule has 1 aromatic rings. The highest BCUT2D eigenvalue weighted by molar-refractivity contribution is 7.14. The van der Waals surface area contributed by atoms with E-state index in [1.807, 2.05) is 26.8 Å². The van der Waals surface area contributed by atoms with Crippen molar-refractivity contribution in [3.63, 3.8) is 0 Å². The molecule has 110 valence electrons. The highest BCUT2D eigenvalue weighted by atomic mass is 32.1. The Bertz CT molecular complexity index is 518. The summed E-state index contributed by atoms with van der Waals surface area (Å²) in [7, 11) is 0. The van der Waals surface area contributed by atoms with Crippen molar-refractivity contribution in [2.24, 2.45) is 0 Å². The van der Waals surface area contributed by atoms with Gasteiger partial charge in [-0.25, -0.2) is 4.79 Å². The molecule has 5 nitrogen and oxygen atoms in total. The lowest BCUT2D eigenvalue weighted by atomic mass is 10.2. The normalized spacial score (nSPS) is 11.8. The summed E-state index contributed by atoms with van der Waals surface area (Å²) in [6.07, 6.45) is -0.598. The van der Waals surface area contributed by atoms with Crippen LogP contribution in [0.15, 0.2) is 11.4 Å². The molecule has 0 aliphatic heterocycles. The largest absolute Gasteiger partial charge is 0.442 e. The van der Waals surface area contributed by atoms with E-state index in [0.29, 0.717) is 10.6 Å². The number of anilines is 1. The van der Waals surface area contributed by atoms with Gasteiger partial charge in [0.25, 0.3) is 0 Å². The second-order valence-corrected chi connectivity index (χ2v) is 7.15. The Hall–Kier alpha value is -1.58. The molecule has 1 aromatic heterocycles. The highest BCUT2D eigenvalue weighted by Gasteiger charge is 2.29. The smallest absolute Gasteiger partial charge is 0.440 e. The molecule has 6 heteroatoms. The summed E-state index contributed by atoms with van der Waals surface area (Å²) in [6.45, 7) is 10.9. The first kappa shape index (κ1) is 16.5. The van der Waals surface area contributed by atoms with Crippen LogP contribution in [0.3, 0.4) is 0 Å². The molecule has 0 N–H and O–H groups in total. The van der Waals surface area contributed by atoms with E-state index in [1.54, 1.807) is 32.2 Å². The van der Waals surface area contributed by atoms with Gasteiger partial charge >= 0.3 is 6.09 Å². The van der Waals surface area contributed by atoms with E-state index in [-0.39, 0.29) is 0 Å². The van der Waals surface area contributed by atoms with Crippen LogP contribution in [0.2, 0.25) is 0 Å². The molecular formula is C14H20N2O3S. The molecule has 0 unspecified atom stereocenters. The Labute approximate surface area is 123 Å². The number of rotatable bonds is 2. The zero-order chi connectivity index (χ0) is 15.6. The number of carbonyl (C=O) groups is 1. The SMILES string of the molecule is CC(C)(C)OC(=O)N(OC(C)(C)C)c1cc(C#N)cs1. The zero-order valence-electron chi connectivity index (χ0n) is 12.7. The summed E-state index contributed by atoms with van der Waals surface area (Å²) < 4.78 is 5.33. The van der Waals surface area contributed by atoms with E-state index in [0.717, 1.165) is 5.06 Å². The van der Waals surface area contributed by atoms with Crippen LogP contribution >= 0.6 is 11.3 Å². The third-order valence-corrected chi connectivity index (χ3v) is 2.74. The van der Waals surface area contributed by atoms with Gasteiger partial charge in [-0.15, -0.1) is 16.4 Å². The second-order valence-electron chi connectivity index (χ2n) is 6.26. The second kappa shape index (κ2) is 5.81. The minimum Gasteiger partial charge on any atom is -0.442 e. The summed E-state index contributed by atoms with van der Waals surface area (Å²) >= 11 is 1.25.